The predicted molar refractivity (Wildman–Crippen MR) is 45.1 cm³/mol. The van der Waals surface area contributed by atoms with Crippen LogP contribution in [0.3, 0.4) is 0 Å². The molecule has 1 rings (SSSR count). The Morgan fingerprint density at radius 1 is 1.00 bits per heavy atom. The van der Waals surface area contributed by atoms with Gasteiger partial charge in [0, 0.05) is 5.56 Å². The smallest absolute Gasteiger partial charge is 0.274 e. The van der Waals surface area contributed by atoms with Crippen molar-refractivity contribution < 1.29 is 0 Å². The molecule has 0 aliphatic carbocycles. The Morgan fingerprint density at radius 2 is 1.50 bits per heavy atom. The minimum Gasteiger partial charge on any atom is -0.285 e. The van der Waals surface area contributed by atoms with Crippen molar-refractivity contribution >= 4 is 22.6 Å². The fourth-order valence-electron chi connectivity index (χ4n) is 0.643. The normalized spacial score (nSPS) is 10.2. The second kappa shape index (κ2) is 2.26. The quantitative estimate of drug-likeness (QED) is 0.463. The highest BCUT2D eigenvalue weighted by atomic mass is 127. The van der Waals surface area contributed by atoms with Crippen molar-refractivity contribution in [2.45, 2.75) is 6.92 Å². The molecule has 3 nitrogen and oxygen atoms in total. The maximum Gasteiger partial charge on any atom is 0.274 e. The van der Waals surface area contributed by atoms with Crippen LogP contribution in [-0.2, 0) is 0 Å². The molecule has 1 aromatic carbocycles. The molecule has 0 aliphatic heterocycles. The van der Waals surface area contributed by atoms with Crippen LogP contribution < -0.4 is 16.3 Å². The van der Waals surface area contributed by atoms with E-state index in [1.54, 1.807) is 22.6 Å². The maximum absolute atomic E-state index is 10.7. The first-order chi connectivity index (χ1) is 4.55. The second-order valence-electron chi connectivity index (χ2n) is 1.93. The highest BCUT2D eigenvalue weighted by Gasteiger charge is 2.12. The molecule has 0 bridgehead atoms. The Balaban J connectivity index is 3.97. The zero-order chi connectivity index (χ0) is 7.89. The van der Waals surface area contributed by atoms with Gasteiger partial charge in [0.15, 0.2) is 0 Å². The fourth-order valence-corrected chi connectivity index (χ4v) is 1.13. The van der Waals surface area contributed by atoms with Crippen LogP contribution in [0.2, 0.25) is 0 Å². The molecule has 0 saturated heterocycles. The molecule has 0 aliphatic rings. The van der Waals surface area contributed by atoms with E-state index in [0.717, 1.165) is 0 Å². The third-order valence-electron chi connectivity index (χ3n) is 1.28. The largest absolute Gasteiger partial charge is 0.285 e. The second-order valence-corrected chi connectivity index (χ2v) is 3.01. The number of halogens is 1. The molecule has 10 heavy (non-hydrogen) atoms. The summed E-state index contributed by atoms with van der Waals surface area (Å²) in [4.78, 5) is 32.0. The van der Waals surface area contributed by atoms with Gasteiger partial charge in [-0.3, -0.25) is 14.4 Å². The summed E-state index contributed by atoms with van der Waals surface area (Å²) in [7, 11) is 0. The molecule has 0 atom stereocenters. The first kappa shape index (κ1) is 7.59. The van der Waals surface area contributed by atoms with Crippen LogP contribution in [0.25, 0.3) is 0 Å². The summed E-state index contributed by atoms with van der Waals surface area (Å²) in [6.07, 6.45) is 0. The van der Waals surface area contributed by atoms with Crippen molar-refractivity contribution in [3.8, 4) is 0 Å². The molecule has 0 fully saturated rings. The predicted octanol–water partition coefficient (Wildman–Crippen LogP) is -0.444. The zero-order valence-corrected chi connectivity index (χ0v) is 7.26. The van der Waals surface area contributed by atoms with E-state index >= 15 is 0 Å². The SMILES string of the molecule is Cc1c(I)c(=O)c(=O)c1=O. The van der Waals surface area contributed by atoms with E-state index in [2.05, 4.69) is 0 Å². The van der Waals surface area contributed by atoms with Gasteiger partial charge in [0.25, 0.3) is 5.43 Å². The molecule has 0 amide bonds. The molecule has 4 heteroatoms. The van der Waals surface area contributed by atoms with Crippen LogP contribution in [0.4, 0.5) is 0 Å². The Labute approximate surface area is 69.5 Å². The molecule has 0 aromatic heterocycles. The van der Waals surface area contributed by atoms with E-state index in [4.69, 9.17) is 0 Å². The van der Waals surface area contributed by atoms with Crippen molar-refractivity contribution in [1.29, 1.82) is 0 Å². The Bertz CT molecular complexity index is 361. The minimum absolute atomic E-state index is 0.257. The molecule has 0 radical (unpaired) electrons. The van der Waals surface area contributed by atoms with Gasteiger partial charge in [-0.05, 0) is 29.5 Å². The molecule has 0 saturated carbocycles. The van der Waals surface area contributed by atoms with E-state index in [1.807, 2.05) is 0 Å². The van der Waals surface area contributed by atoms with E-state index in [9.17, 15) is 14.4 Å². The van der Waals surface area contributed by atoms with Gasteiger partial charge >= 0.3 is 0 Å². The lowest BCUT2D eigenvalue weighted by Crippen LogP contribution is -2.30. The van der Waals surface area contributed by atoms with Crippen LogP contribution in [-0.4, -0.2) is 0 Å². The monoisotopic (exact) mass is 250 g/mol. The third-order valence-corrected chi connectivity index (χ3v) is 2.58. The first-order valence-corrected chi connectivity index (χ1v) is 3.63. The topological polar surface area (TPSA) is 51.2 Å². The van der Waals surface area contributed by atoms with Crippen LogP contribution >= 0.6 is 22.6 Å². The van der Waals surface area contributed by atoms with Crippen LogP contribution in [0.1, 0.15) is 5.56 Å². The summed E-state index contributed by atoms with van der Waals surface area (Å²) in [6, 6.07) is 0. The highest BCUT2D eigenvalue weighted by Crippen LogP contribution is 1.97. The van der Waals surface area contributed by atoms with Crippen molar-refractivity contribution in [2.75, 3.05) is 0 Å². The van der Waals surface area contributed by atoms with E-state index < -0.39 is 16.3 Å². The van der Waals surface area contributed by atoms with Gasteiger partial charge in [-0.25, -0.2) is 0 Å². The standard InChI is InChI=1S/C6H3IO3/c1-2-3(7)5(9)6(10)4(2)8/h1H3. The van der Waals surface area contributed by atoms with Gasteiger partial charge in [0.1, 0.15) is 0 Å². The van der Waals surface area contributed by atoms with Gasteiger partial charge < -0.3 is 0 Å². The lowest BCUT2D eigenvalue weighted by atomic mass is 10.4. The molecular weight excluding hydrogens is 247 g/mol. The van der Waals surface area contributed by atoms with E-state index in [-0.39, 0.29) is 9.13 Å². The lowest BCUT2D eigenvalue weighted by Gasteiger charge is -1.76. The van der Waals surface area contributed by atoms with Gasteiger partial charge in [0.05, 0.1) is 3.57 Å². The highest BCUT2D eigenvalue weighted by molar-refractivity contribution is 14.1. The van der Waals surface area contributed by atoms with Crippen molar-refractivity contribution in [3.05, 3.63) is 39.8 Å². The fraction of sp³-hybridized carbons (Fsp3) is 0.167. The Kier molecular flexibility index (Phi) is 1.72. The maximum atomic E-state index is 10.7. The average Bonchev–Trinajstić information content (AvgIpc) is 2.07. The van der Waals surface area contributed by atoms with Gasteiger partial charge in [-0.2, -0.15) is 0 Å². The van der Waals surface area contributed by atoms with Crippen molar-refractivity contribution in [3.63, 3.8) is 0 Å². The zero-order valence-electron chi connectivity index (χ0n) is 5.10. The molecule has 0 unspecified atom stereocenters. The molecular formula is C6H3IO3. The van der Waals surface area contributed by atoms with Crippen molar-refractivity contribution in [2.24, 2.45) is 0 Å². The summed E-state index contributed by atoms with van der Waals surface area (Å²) >= 11 is 1.70. The molecule has 52 valence electrons. The molecule has 1 aromatic rings. The van der Waals surface area contributed by atoms with Gasteiger partial charge in [-0.15, -0.1) is 0 Å². The molecule has 0 spiro atoms. The van der Waals surface area contributed by atoms with E-state index in [1.165, 1.54) is 6.92 Å². The summed E-state index contributed by atoms with van der Waals surface area (Å²) in [5, 5.41) is 0. The third kappa shape index (κ3) is 0.828. The van der Waals surface area contributed by atoms with Crippen LogP contribution in [0.5, 0.6) is 0 Å². The van der Waals surface area contributed by atoms with Crippen molar-refractivity contribution in [1.82, 2.24) is 0 Å². The summed E-state index contributed by atoms with van der Waals surface area (Å²) in [5.41, 5.74) is -1.95. The molecule has 0 N–H and O–H groups in total. The number of hydrogen-bond acceptors (Lipinski definition) is 3. The van der Waals surface area contributed by atoms with E-state index in [0.29, 0.717) is 0 Å². The Morgan fingerprint density at radius 3 is 1.60 bits per heavy atom. The summed E-state index contributed by atoms with van der Waals surface area (Å²) in [5.74, 6) is 0. The first-order valence-electron chi connectivity index (χ1n) is 2.55. The van der Waals surface area contributed by atoms with Gasteiger partial charge in [-0.1, -0.05) is 0 Å². The van der Waals surface area contributed by atoms with Crippen LogP contribution in [0.15, 0.2) is 14.4 Å². The number of hydrogen-bond donors (Lipinski definition) is 0. The summed E-state index contributed by atoms with van der Waals surface area (Å²) < 4.78 is 0.257. The minimum atomic E-state index is -0.901. The number of rotatable bonds is 0. The summed E-state index contributed by atoms with van der Waals surface area (Å²) in [6.45, 7) is 1.48. The van der Waals surface area contributed by atoms with Crippen LogP contribution in [0, 0.1) is 10.5 Å². The average molecular weight is 250 g/mol. The van der Waals surface area contributed by atoms with Gasteiger partial charge in [0.2, 0.25) is 10.9 Å². The Hall–Kier alpha value is -0.520. The molecule has 0 heterocycles. The lowest BCUT2D eigenvalue weighted by molar-refractivity contribution is 1.43.